The fourth-order valence-electron chi connectivity index (χ4n) is 2.80. The van der Waals surface area contributed by atoms with Crippen LogP contribution in [0.1, 0.15) is 12.0 Å². The van der Waals surface area contributed by atoms with E-state index in [0.29, 0.717) is 12.6 Å². The zero-order valence-corrected chi connectivity index (χ0v) is 14.3. The fraction of sp³-hybridized carbons (Fsp3) is 0.211. The highest BCUT2D eigenvalue weighted by molar-refractivity contribution is 6.31. The van der Waals surface area contributed by atoms with Crippen LogP contribution >= 0.6 is 0 Å². The van der Waals surface area contributed by atoms with Gasteiger partial charge < -0.3 is 15.1 Å². The monoisotopic (exact) mass is 373 g/mol. The number of fused-ring (bicyclic) bond motifs is 1. The molecule has 0 aromatic heterocycles. The summed E-state index contributed by atoms with van der Waals surface area (Å²) in [5.74, 6) is -2.70. The van der Waals surface area contributed by atoms with Crippen LogP contribution in [0.2, 0.25) is 0 Å². The van der Waals surface area contributed by atoms with Gasteiger partial charge in [0.05, 0.1) is 5.69 Å². The Balaban J connectivity index is 1.51. The number of rotatable bonds is 5. The molecule has 0 atom stereocenters. The number of hydrogen-bond donors (Lipinski definition) is 1. The van der Waals surface area contributed by atoms with Gasteiger partial charge in [-0.1, -0.05) is 23.4 Å². The number of hydrogen-bond acceptors (Lipinski definition) is 4. The van der Waals surface area contributed by atoms with Crippen molar-refractivity contribution in [3.8, 4) is 0 Å². The summed E-state index contributed by atoms with van der Waals surface area (Å²) >= 11 is 0. The van der Waals surface area contributed by atoms with Gasteiger partial charge in [0, 0.05) is 18.3 Å². The summed E-state index contributed by atoms with van der Waals surface area (Å²) in [5.41, 5.74) is 1.76. The van der Waals surface area contributed by atoms with Crippen molar-refractivity contribution < 1.29 is 23.2 Å². The average Bonchev–Trinajstić information content (AvgIpc) is 2.67. The quantitative estimate of drug-likeness (QED) is 0.647. The number of oxime groups is 1. The lowest BCUT2D eigenvalue weighted by atomic mass is 10.0. The number of halogens is 2. The normalized spacial score (nSPS) is 13.3. The number of para-hydroxylation sites is 1. The molecule has 2 aromatic carbocycles. The minimum Gasteiger partial charge on any atom is -0.385 e. The van der Waals surface area contributed by atoms with Crippen molar-refractivity contribution in [2.75, 3.05) is 23.4 Å². The van der Waals surface area contributed by atoms with Gasteiger partial charge in [0.25, 0.3) is 11.8 Å². The van der Waals surface area contributed by atoms with Crippen LogP contribution < -0.4 is 10.2 Å². The van der Waals surface area contributed by atoms with Gasteiger partial charge in [-0.3, -0.25) is 9.59 Å². The van der Waals surface area contributed by atoms with Crippen LogP contribution in [0.15, 0.2) is 47.6 Å². The van der Waals surface area contributed by atoms with E-state index in [-0.39, 0.29) is 18.2 Å². The van der Waals surface area contributed by atoms with Crippen molar-refractivity contribution >= 4 is 29.4 Å². The SMILES string of the molecule is O=C(C=NOCC(=O)N1CCCc2ccccc21)Nc1ccc(F)cc1F. The van der Waals surface area contributed by atoms with Gasteiger partial charge in [-0.2, -0.15) is 0 Å². The molecular formula is C19H17F2N3O3. The van der Waals surface area contributed by atoms with E-state index in [0.717, 1.165) is 42.4 Å². The summed E-state index contributed by atoms with van der Waals surface area (Å²) in [4.78, 5) is 30.5. The van der Waals surface area contributed by atoms with E-state index in [1.807, 2.05) is 24.3 Å². The molecule has 2 aromatic rings. The number of anilines is 2. The molecule has 0 spiro atoms. The molecule has 0 radical (unpaired) electrons. The third-order valence-corrected chi connectivity index (χ3v) is 4.03. The van der Waals surface area contributed by atoms with Gasteiger partial charge in [-0.05, 0) is 36.6 Å². The highest BCUT2D eigenvalue weighted by Gasteiger charge is 2.22. The van der Waals surface area contributed by atoms with Crippen molar-refractivity contribution in [1.29, 1.82) is 0 Å². The summed E-state index contributed by atoms with van der Waals surface area (Å²) in [6.07, 6.45) is 2.55. The van der Waals surface area contributed by atoms with Gasteiger partial charge in [0.2, 0.25) is 0 Å². The van der Waals surface area contributed by atoms with Crippen LogP contribution in [0.4, 0.5) is 20.2 Å². The van der Waals surface area contributed by atoms with Gasteiger partial charge >= 0.3 is 0 Å². The molecule has 140 valence electrons. The predicted octanol–water partition coefficient (Wildman–Crippen LogP) is 2.89. The third-order valence-electron chi connectivity index (χ3n) is 4.03. The molecule has 1 N–H and O–H groups in total. The van der Waals surface area contributed by atoms with Crippen molar-refractivity contribution in [3.05, 3.63) is 59.7 Å². The maximum absolute atomic E-state index is 13.5. The Morgan fingerprint density at radius 1 is 1.22 bits per heavy atom. The Labute approximate surface area is 154 Å². The highest BCUT2D eigenvalue weighted by atomic mass is 19.1. The van der Waals surface area contributed by atoms with E-state index < -0.39 is 17.5 Å². The van der Waals surface area contributed by atoms with E-state index in [1.165, 1.54) is 0 Å². The Morgan fingerprint density at radius 3 is 2.85 bits per heavy atom. The third kappa shape index (κ3) is 4.66. The molecule has 2 amide bonds. The zero-order chi connectivity index (χ0) is 19.2. The fourth-order valence-corrected chi connectivity index (χ4v) is 2.80. The summed E-state index contributed by atoms with van der Waals surface area (Å²) in [5, 5.41) is 5.62. The highest BCUT2D eigenvalue weighted by Crippen LogP contribution is 2.26. The molecule has 1 heterocycles. The molecule has 8 heteroatoms. The summed E-state index contributed by atoms with van der Waals surface area (Å²) in [6, 6.07) is 10.4. The molecule has 0 aliphatic carbocycles. The Morgan fingerprint density at radius 2 is 2.04 bits per heavy atom. The molecular weight excluding hydrogens is 356 g/mol. The van der Waals surface area contributed by atoms with Crippen LogP contribution in [0.25, 0.3) is 0 Å². The second-order valence-electron chi connectivity index (χ2n) is 5.90. The molecule has 1 aliphatic rings. The minimum absolute atomic E-state index is 0.186. The number of aryl methyl sites for hydroxylation is 1. The molecule has 0 saturated heterocycles. The molecule has 27 heavy (non-hydrogen) atoms. The molecule has 0 bridgehead atoms. The lowest BCUT2D eigenvalue weighted by Gasteiger charge is -2.28. The average molecular weight is 373 g/mol. The van der Waals surface area contributed by atoms with Crippen molar-refractivity contribution in [2.45, 2.75) is 12.8 Å². The number of benzene rings is 2. The van der Waals surface area contributed by atoms with Crippen LogP contribution in [0.3, 0.4) is 0 Å². The Bertz CT molecular complexity index is 886. The maximum Gasteiger partial charge on any atom is 0.270 e. The van der Waals surface area contributed by atoms with E-state index >= 15 is 0 Å². The first-order chi connectivity index (χ1) is 13.0. The number of carbonyl (C=O) groups excluding carboxylic acids is 2. The first-order valence-corrected chi connectivity index (χ1v) is 8.34. The number of nitrogens with one attached hydrogen (secondary N) is 1. The summed E-state index contributed by atoms with van der Waals surface area (Å²) in [7, 11) is 0. The minimum atomic E-state index is -0.906. The lowest BCUT2D eigenvalue weighted by Crippen LogP contribution is -2.37. The van der Waals surface area contributed by atoms with E-state index in [4.69, 9.17) is 4.84 Å². The van der Waals surface area contributed by atoms with E-state index in [1.54, 1.807) is 4.90 Å². The number of nitrogens with zero attached hydrogens (tertiary/aromatic N) is 2. The molecule has 6 nitrogen and oxygen atoms in total. The largest absolute Gasteiger partial charge is 0.385 e. The standard InChI is InChI=1S/C19H17F2N3O3/c20-14-7-8-16(15(21)10-14)23-18(25)11-22-27-12-19(26)24-9-3-5-13-4-1-2-6-17(13)24/h1-2,4,6-8,10-11H,3,5,9,12H2,(H,23,25). The van der Waals surface area contributed by atoms with Gasteiger partial charge in [-0.25, -0.2) is 8.78 Å². The van der Waals surface area contributed by atoms with Gasteiger partial charge in [-0.15, -0.1) is 0 Å². The maximum atomic E-state index is 13.5. The van der Waals surface area contributed by atoms with Gasteiger partial charge in [0.1, 0.15) is 17.8 Å². The zero-order valence-electron chi connectivity index (χ0n) is 14.3. The topological polar surface area (TPSA) is 71.0 Å². The molecule has 1 aliphatic heterocycles. The first-order valence-electron chi connectivity index (χ1n) is 8.34. The van der Waals surface area contributed by atoms with Crippen LogP contribution in [-0.2, 0) is 20.8 Å². The van der Waals surface area contributed by atoms with Crippen molar-refractivity contribution in [2.24, 2.45) is 5.16 Å². The Hall–Kier alpha value is -3.29. The van der Waals surface area contributed by atoms with Crippen LogP contribution in [0, 0.1) is 11.6 Å². The number of amides is 2. The van der Waals surface area contributed by atoms with Gasteiger partial charge in [0.15, 0.2) is 6.61 Å². The first kappa shape index (κ1) is 18.5. The Kier molecular flexibility index (Phi) is 5.75. The van der Waals surface area contributed by atoms with Crippen LogP contribution in [0.5, 0.6) is 0 Å². The smallest absolute Gasteiger partial charge is 0.270 e. The molecule has 3 rings (SSSR count). The lowest BCUT2D eigenvalue weighted by molar-refractivity contribution is -0.123. The van der Waals surface area contributed by atoms with E-state index in [9.17, 15) is 18.4 Å². The predicted molar refractivity (Wildman–Crippen MR) is 96.5 cm³/mol. The molecule has 0 fully saturated rings. The van der Waals surface area contributed by atoms with Crippen molar-refractivity contribution in [3.63, 3.8) is 0 Å². The van der Waals surface area contributed by atoms with Crippen molar-refractivity contribution in [1.82, 2.24) is 0 Å². The van der Waals surface area contributed by atoms with E-state index in [2.05, 4.69) is 10.5 Å². The molecule has 0 saturated carbocycles. The number of carbonyl (C=O) groups is 2. The summed E-state index contributed by atoms with van der Waals surface area (Å²) < 4.78 is 26.3. The summed E-state index contributed by atoms with van der Waals surface area (Å²) in [6.45, 7) is 0.260. The second kappa shape index (κ2) is 8.39. The molecule has 0 unspecified atom stereocenters. The van der Waals surface area contributed by atoms with Crippen LogP contribution in [-0.4, -0.2) is 31.2 Å². The second-order valence-corrected chi connectivity index (χ2v) is 5.90.